The zero-order chi connectivity index (χ0) is 11.2. The third-order valence-electron chi connectivity index (χ3n) is 3.05. The fourth-order valence-electron chi connectivity index (χ4n) is 2.10. The fraction of sp³-hybridized carbons (Fsp3) is 0.385. The summed E-state index contributed by atoms with van der Waals surface area (Å²) in [5.41, 5.74) is 5.10. The Morgan fingerprint density at radius 2 is 1.93 bits per heavy atom. The molecule has 0 atom stereocenters. The molecule has 1 aromatic carbocycles. The van der Waals surface area contributed by atoms with Gasteiger partial charge in [0.25, 0.3) is 0 Å². The van der Waals surface area contributed by atoms with Crippen molar-refractivity contribution in [1.29, 1.82) is 0 Å². The average molecular weight is 202 g/mol. The van der Waals surface area contributed by atoms with E-state index in [2.05, 4.69) is 56.6 Å². The Morgan fingerprint density at radius 1 is 1.27 bits per heavy atom. The molecule has 2 rings (SSSR count). The molecular formula is C13H18N2. The molecule has 0 aliphatic carbocycles. The summed E-state index contributed by atoms with van der Waals surface area (Å²) < 4.78 is 0. The smallest absolute Gasteiger partial charge is 0.103 e. The van der Waals surface area contributed by atoms with Gasteiger partial charge in [0.2, 0.25) is 0 Å². The van der Waals surface area contributed by atoms with E-state index in [0.29, 0.717) is 6.04 Å². The highest BCUT2D eigenvalue weighted by Crippen LogP contribution is 2.40. The summed E-state index contributed by atoms with van der Waals surface area (Å²) in [7, 11) is 0. The second kappa shape index (κ2) is 3.30. The molecule has 80 valence electrons. The molecule has 1 aromatic rings. The number of nitrogens with zero attached hydrogens (tertiary/aromatic N) is 1. The van der Waals surface area contributed by atoms with Crippen molar-refractivity contribution < 1.29 is 0 Å². The molecule has 0 saturated carbocycles. The SMILES string of the molecule is C=C1Nc2c(ccc(C)c2C)N1C(C)C. The van der Waals surface area contributed by atoms with Crippen molar-refractivity contribution in [2.24, 2.45) is 0 Å². The van der Waals surface area contributed by atoms with E-state index in [4.69, 9.17) is 0 Å². The van der Waals surface area contributed by atoms with Gasteiger partial charge in [0, 0.05) is 6.04 Å². The number of anilines is 2. The molecule has 2 nitrogen and oxygen atoms in total. The predicted octanol–water partition coefficient (Wildman–Crippen LogP) is 3.41. The first-order valence-corrected chi connectivity index (χ1v) is 5.37. The van der Waals surface area contributed by atoms with Crippen molar-refractivity contribution in [3.05, 3.63) is 35.7 Å². The van der Waals surface area contributed by atoms with Crippen LogP contribution in [0.15, 0.2) is 24.5 Å². The first kappa shape index (κ1) is 10.1. The average Bonchev–Trinajstić information content (AvgIpc) is 2.49. The molecule has 0 amide bonds. The normalized spacial score (nSPS) is 14.5. The van der Waals surface area contributed by atoms with E-state index in [-0.39, 0.29) is 0 Å². The molecular weight excluding hydrogens is 184 g/mol. The van der Waals surface area contributed by atoms with Crippen LogP contribution in [0.2, 0.25) is 0 Å². The molecule has 1 aliphatic rings. The van der Waals surface area contributed by atoms with Gasteiger partial charge in [0.15, 0.2) is 0 Å². The van der Waals surface area contributed by atoms with E-state index in [0.717, 1.165) is 5.82 Å². The van der Waals surface area contributed by atoms with Crippen LogP contribution in [0.5, 0.6) is 0 Å². The minimum Gasteiger partial charge on any atom is -0.340 e. The number of rotatable bonds is 1. The highest BCUT2D eigenvalue weighted by atomic mass is 15.3. The van der Waals surface area contributed by atoms with E-state index in [1.165, 1.54) is 22.5 Å². The van der Waals surface area contributed by atoms with Gasteiger partial charge < -0.3 is 10.2 Å². The van der Waals surface area contributed by atoms with E-state index < -0.39 is 0 Å². The number of aryl methyl sites for hydroxylation is 1. The summed E-state index contributed by atoms with van der Waals surface area (Å²) in [6.45, 7) is 12.7. The van der Waals surface area contributed by atoms with E-state index in [1.807, 2.05) is 0 Å². The van der Waals surface area contributed by atoms with Crippen LogP contribution in [0.3, 0.4) is 0 Å². The largest absolute Gasteiger partial charge is 0.340 e. The molecule has 0 spiro atoms. The van der Waals surface area contributed by atoms with Gasteiger partial charge in [-0.15, -0.1) is 0 Å². The Morgan fingerprint density at radius 3 is 2.53 bits per heavy atom. The number of benzene rings is 1. The van der Waals surface area contributed by atoms with Crippen LogP contribution < -0.4 is 10.2 Å². The van der Waals surface area contributed by atoms with Crippen LogP contribution in [0, 0.1) is 13.8 Å². The van der Waals surface area contributed by atoms with Gasteiger partial charge in [-0.2, -0.15) is 0 Å². The second-order valence-electron chi connectivity index (χ2n) is 4.44. The second-order valence-corrected chi connectivity index (χ2v) is 4.44. The first-order chi connectivity index (χ1) is 7.02. The van der Waals surface area contributed by atoms with Gasteiger partial charge >= 0.3 is 0 Å². The third kappa shape index (κ3) is 1.41. The topological polar surface area (TPSA) is 15.3 Å². The molecule has 0 bridgehead atoms. The lowest BCUT2D eigenvalue weighted by atomic mass is 10.1. The highest BCUT2D eigenvalue weighted by Gasteiger charge is 2.25. The molecule has 1 aliphatic heterocycles. The van der Waals surface area contributed by atoms with Crippen molar-refractivity contribution in [3.8, 4) is 0 Å². The van der Waals surface area contributed by atoms with Crippen molar-refractivity contribution >= 4 is 11.4 Å². The van der Waals surface area contributed by atoms with E-state index in [9.17, 15) is 0 Å². The van der Waals surface area contributed by atoms with Crippen molar-refractivity contribution in [3.63, 3.8) is 0 Å². The van der Waals surface area contributed by atoms with Crippen molar-refractivity contribution in [1.82, 2.24) is 0 Å². The zero-order valence-corrected chi connectivity index (χ0v) is 9.89. The number of nitrogens with one attached hydrogen (secondary N) is 1. The lowest BCUT2D eigenvalue weighted by Crippen LogP contribution is -2.27. The lowest BCUT2D eigenvalue weighted by molar-refractivity contribution is 0.772. The molecule has 0 saturated heterocycles. The molecule has 0 fully saturated rings. The minimum atomic E-state index is 0.438. The molecule has 1 N–H and O–H groups in total. The van der Waals surface area contributed by atoms with Gasteiger partial charge in [-0.3, -0.25) is 0 Å². The standard InChI is InChI=1S/C13H18N2/c1-8(2)15-11(5)14-13-10(4)9(3)6-7-12(13)15/h6-8,14H,5H2,1-4H3. The lowest BCUT2D eigenvalue weighted by Gasteiger charge is -2.23. The molecule has 2 heteroatoms. The third-order valence-corrected chi connectivity index (χ3v) is 3.05. The van der Waals surface area contributed by atoms with Crippen LogP contribution in [0.25, 0.3) is 0 Å². The van der Waals surface area contributed by atoms with E-state index >= 15 is 0 Å². The summed E-state index contributed by atoms with van der Waals surface area (Å²) >= 11 is 0. The summed E-state index contributed by atoms with van der Waals surface area (Å²) in [6, 6.07) is 4.78. The van der Waals surface area contributed by atoms with Gasteiger partial charge in [-0.05, 0) is 44.9 Å². The Labute approximate surface area is 91.6 Å². The Balaban J connectivity index is 2.57. The summed E-state index contributed by atoms with van der Waals surface area (Å²) in [5, 5.41) is 3.37. The summed E-state index contributed by atoms with van der Waals surface area (Å²) in [5.74, 6) is 0.980. The van der Waals surface area contributed by atoms with Crippen LogP contribution in [-0.4, -0.2) is 6.04 Å². The zero-order valence-electron chi connectivity index (χ0n) is 9.89. The predicted molar refractivity (Wildman–Crippen MR) is 66.3 cm³/mol. The maximum atomic E-state index is 4.06. The Kier molecular flexibility index (Phi) is 2.22. The van der Waals surface area contributed by atoms with Crippen LogP contribution >= 0.6 is 0 Å². The Bertz CT molecular complexity index is 419. The molecule has 1 heterocycles. The van der Waals surface area contributed by atoms with Crippen molar-refractivity contribution in [2.75, 3.05) is 10.2 Å². The van der Waals surface area contributed by atoms with Crippen LogP contribution in [-0.2, 0) is 0 Å². The van der Waals surface area contributed by atoms with Crippen LogP contribution in [0.1, 0.15) is 25.0 Å². The fourth-order valence-corrected chi connectivity index (χ4v) is 2.10. The quantitative estimate of drug-likeness (QED) is 0.750. The molecule has 0 unspecified atom stereocenters. The van der Waals surface area contributed by atoms with Gasteiger partial charge in [0.1, 0.15) is 5.82 Å². The van der Waals surface area contributed by atoms with Gasteiger partial charge in [-0.1, -0.05) is 12.6 Å². The van der Waals surface area contributed by atoms with Gasteiger partial charge in [-0.25, -0.2) is 0 Å². The number of fused-ring (bicyclic) bond motifs is 1. The monoisotopic (exact) mass is 202 g/mol. The van der Waals surface area contributed by atoms with Crippen molar-refractivity contribution in [2.45, 2.75) is 33.7 Å². The molecule has 15 heavy (non-hydrogen) atoms. The van der Waals surface area contributed by atoms with Gasteiger partial charge in [0.05, 0.1) is 11.4 Å². The van der Waals surface area contributed by atoms with E-state index in [1.54, 1.807) is 0 Å². The molecule has 0 aromatic heterocycles. The highest BCUT2D eigenvalue weighted by molar-refractivity contribution is 5.84. The minimum absolute atomic E-state index is 0.438. The Hall–Kier alpha value is -1.44. The maximum absolute atomic E-state index is 4.06. The maximum Gasteiger partial charge on any atom is 0.103 e. The summed E-state index contributed by atoms with van der Waals surface area (Å²) in [4.78, 5) is 2.24. The molecule has 0 radical (unpaired) electrons. The summed E-state index contributed by atoms with van der Waals surface area (Å²) in [6.07, 6.45) is 0. The first-order valence-electron chi connectivity index (χ1n) is 5.37. The number of hydrogen-bond acceptors (Lipinski definition) is 2. The van der Waals surface area contributed by atoms with Crippen LogP contribution in [0.4, 0.5) is 11.4 Å². The number of hydrogen-bond donors (Lipinski definition) is 1.